The maximum Gasteiger partial charge on any atom is 0.326 e. The molecule has 1 aromatic heterocycles. The van der Waals surface area contributed by atoms with E-state index in [9.17, 15) is 14.7 Å². The molecule has 2 N–H and O–H groups in total. The molecular weight excluding hydrogens is 376 g/mol. The van der Waals surface area contributed by atoms with Crippen LogP contribution in [0.3, 0.4) is 0 Å². The van der Waals surface area contributed by atoms with Crippen LogP contribution in [0.4, 0.5) is 0 Å². The summed E-state index contributed by atoms with van der Waals surface area (Å²) in [6.07, 6.45) is 1.66. The Morgan fingerprint density at radius 2 is 1.53 bits per heavy atom. The predicted molar refractivity (Wildman–Crippen MR) is 116 cm³/mol. The minimum absolute atomic E-state index is 0.192. The van der Waals surface area contributed by atoms with Gasteiger partial charge in [0.25, 0.3) is 5.91 Å². The second-order valence-electron chi connectivity index (χ2n) is 7.05. The third-order valence-electron chi connectivity index (χ3n) is 4.96. The van der Waals surface area contributed by atoms with E-state index in [1.54, 1.807) is 6.07 Å². The van der Waals surface area contributed by atoms with E-state index in [4.69, 9.17) is 0 Å². The lowest BCUT2D eigenvalue weighted by Crippen LogP contribution is -2.42. The average molecular weight is 396 g/mol. The van der Waals surface area contributed by atoms with E-state index in [1.807, 2.05) is 78.9 Å². The first-order valence-electron chi connectivity index (χ1n) is 9.63. The summed E-state index contributed by atoms with van der Waals surface area (Å²) in [6.45, 7) is 0. The second-order valence-corrected chi connectivity index (χ2v) is 7.05. The highest BCUT2D eigenvalue weighted by molar-refractivity contribution is 5.99. The van der Waals surface area contributed by atoms with Crippen molar-refractivity contribution in [3.63, 3.8) is 0 Å². The standard InChI is InChI=1S/C25H20N2O3/c28-24(21-15-20-8-4-5-9-22(20)26-16-21)27-23(25(29)30)14-17-10-12-19(13-11-17)18-6-2-1-3-7-18/h1-13,15-16,23H,14H2,(H,27,28)(H,29,30)/t23-/m1/s1. The zero-order valence-corrected chi connectivity index (χ0v) is 16.2. The SMILES string of the molecule is O=C(N[C@H](Cc1ccc(-c2ccccc2)cc1)C(=O)O)c1cnc2ccccc2c1. The monoisotopic (exact) mass is 396 g/mol. The molecule has 1 atom stereocenters. The lowest BCUT2D eigenvalue weighted by molar-refractivity contribution is -0.139. The van der Waals surface area contributed by atoms with Gasteiger partial charge in [0.1, 0.15) is 6.04 Å². The van der Waals surface area contributed by atoms with Crippen molar-refractivity contribution in [1.29, 1.82) is 0 Å². The van der Waals surface area contributed by atoms with E-state index >= 15 is 0 Å². The Kier molecular flexibility index (Phi) is 5.52. The van der Waals surface area contributed by atoms with Crippen LogP contribution in [0.5, 0.6) is 0 Å². The first-order valence-corrected chi connectivity index (χ1v) is 9.63. The van der Waals surface area contributed by atoms with Crippen molar-refractivity contribution < 1.29 is 14.7 Å². The van der Waals surface area contributed by atoms with Crippen LogP contribution >= 0.6 is 0 Å². The fourth-order valence-corrected chi connectivity index (χ4v) is 3.34. The van der Waals surface area contributed by atoms with Crippen molar-refractivity contribution in [2.45, 2.75) is 12.5 Å². The zero-order chi connectivity index (χ0) is 20.9. The largest absolute Gasteiger partial charge is 0.480 e. The lowest BCUT2D eigenvalue weighted by atomic mass is 10.0. The molecule has 0 aliphatic heterocycles. The van der Waals surface area contributed by atoms with E-state index in [0.29, 0.717) is 5.56 Å². The molecule has 1 heterocycles. The van der Waals surface area contributed by atoms with Crippen LogP contribution in [-0.4, -0.2) is 28.0 Å². The van der Waals surface area contributed by atoms with Gasteiger partial charge >= 0.3 is 5.97 Å². The third-order valence-corrected chi connectivity index (χ3v) is 4.96. The van der Waals surface area contributed by atoms with Crippen molar-refractivity contribution in [2.24, 2.45) is 0 Å². The van der Waals surface area contributed by atoms with Crippen LogP contribution in [0.1, 0.15) is 15.9 Å². The number of carbonyl (C=O) groups excluding carboxylic acids is 1. The molecule has 3 aromatic carbocycles. The van der Waals surface area contributed by atoms with Gasteiger partial charge < -0.3 is 10.4 Å². The predicted octanol–water partition coefficient (Wildman–Crippen LogP) is 4.33. The normalized spacial score (nSPS) is 11.7. The van der Waals surface area contributed by atoms with Crippen molar-refractivity contribution in [3.05, 3.63) is 102 Å². The fourth-order valence-electron chi connectivity index (χ4n) is 3.34. The Bertz CT molecular complexity index is 1190. The summed E-state index contributed by atoms with van der Waals surface area (Å²) in [7, 11) is 0. The van der Waals surface area contributed by atoms with E-state index in [2.05, 4.69) is 10.3 Å². The number of carbonyl (C=O) groups is 2. The Morgan fingerprint density at radius 1 is 0.867 bits per heavy atom. The van der Waals surface area contributed by atoms with Crippen LogP contribution in [0.15, 0.2) is 91.1 Å². The maximum atomic E-state index is 12.6. The molecule has 148 valence electrons. The summed E-state index contributed by atoms with van der Waals surface area (Å²) < 4.78 is 0. The molecule has 0 fully saturated rings. The molecule has 0 saturated carbocycles. The summed E-state index contributed by atoms with van der Waals surface area (Å²) in [5, 5.41) is 13.0. The molecule has 0 bridgehead atoms. The number of rotatable bonds is 6. The maximum absolute atomic E-state index is 12.6. The number of aromatic nitrogens is 1. The van der Waals surface area contributed by atoms with Gasteiger partial charge in [-0.05, 0) is 28.8 Å². The number of nitrogens with zero attached hydrogens (tertiary/aromatic N) is 1. The third kappa shape index (κ3) is 4.36. The van der Waals surface area contributed by atoms with Crippen LogP contribution in [0.25, 0.3) is 22.0 Å². The van der Waals surface area contributed by atoms with Crippen LogP contribution < -0.4 is 5.32 Å². The molecule has 0 saturated heterocycles. The Labute approximate surface area is 174 Å². The topological polar surface area (TPSA) is 79.3 Å². The molecule has 4 rings (SSSR count). The summed E-state index contributed by atoms with van der Waals surface area (Å²) in [4.78, 5) is 28.6. The minimum atomic E-state index is -1.08. The highest BCUT2D eigenvalue weighted by Gasteiger charge is 2.21. The van der Waals surface area contributed by atoms with Gasteiger partial charge in [0.15, 0.2) is 0 Å². The number of aliphatic carboxylic acids is 1. The summed E-state index contributed by atoms with van der Waals surface area (Å²) >= 11 is 0. The first kappa shape index (κ1) is 19.3. The quantitative estimate of drug-likeness (QED) is 0.508. The van der Waals surface area contributed by atoms with Crippen LogP contribution in [-0.2, 0) is 11.2 Å². The molecule has 5 nitrogen and oxygen atoms in total. The van der Waals surface area contributed by atoms with Gasteiger partial charge in [-0.3, -0.25) is 9.78 Å². The number of amides is 1. The van der Waals surface area contributed by atoms with E-state index < -0.39 is 17.9 Å². The van der Waals surface area contributed by atoms with Crippen LogP contribution in [0, 0.1) is 0 Å². The fraction of sp³-hybridized carbons (Fsp3) is 0.0800. The smallest absolute Gasteiger partial charge is 0.326 e. The Hall–Kier alpha value is -3.99. The van der Waals surface area contributed by atoms with E-state index in [-0.39, 0.29) is 6.42 Å². The number of carboxylic acid groups (broad SMARTS) is 1. The van der Waals surface area contributed by atoms with Crippen LogP contribution in [0.2, 0.25) is 0 Å². The number of hydrogen-bond acceptors (Lipinski definition) is 3. The van der Waals surface area contributed by atoms with Gasteiger partial charge in [-0.15, -0.1) is 0 Å². The highest BCUT2D eigenvalue weighted by Crippen LogP contribution is 2.20. The average Bonchev–Trinajstić information content (AvgIpc) is 2.79. The number of carboxylic acids is 1. The van der Waals surface area contributed by atoms with E-state index in [1.165, 1.54) is 6.20 Å². The molecule has 0 aliphatic carbocycles. The minimum Gasteiger partial charge on any atom is -0.480 e. The zero-order valence-electron chi connectivity index (χ0n) is 16.2. The summed E-state index contributed by atoms with van der Waals surface area (Å²) in [5.74, 6) is -1.54. The van der Waals surface area contributed by atoms with Gasteiger partial charge in [0.2, 0.25) is 0 Å². The van der Waals surface area contributed by atoms with Gasteiger partial charge in [-0.1, -0.05) is 72.8 Å². The first-order chi connectivity index (χ1) is 14.6. The summed E-state index contributed by atoms with van der Waals surface area (Å²) in [6, 6.07) is 25.8. The van der Waals surface area contributed by atoms with E-state index in [0.717, 1.165) is 27.6 Å². The summed E-state index contributed by atoms with van der Waals surface area (Å²) in [5.41, 5.74) is 4.09. The number of nitrogens with one attached hydrogen (secondary N) is 1. The molecule has 0 spiro atoms. The molecular formula is C25H20N2O3. The highest BCUT2D eigenvalue weighted by atomic mass is 16.4. The van der Waals surface area contributed by atoms with Gasteiger partial charge in [-0.2, -0.15) is 0 Å². The lowest BCUT2D eigenvalue weighted by Gasteiger charge is -2.15. The number of fused-ring (bicyclic) bond motifs is 1. The number of pyridine rings is 1. The molecule has 0 aliphatic rings. The molecule has 1 amide bonds. The molecule has 4 aromatic rings. The molecule has 0 radical (unpaired) electrons. The van der Waals surface area contributed by atoms with Gasteiger partial charge in [-0.25, -0.2) is 4.79 Å². The number of hydrogen-bond donors (Lipinski definition) is 2. The molecule has 5 heteroatoms. The molecule has 30 heavy (non-hydrogen) atoms. The van der Waals surface area contributed by atoms with Crippen molar-refractivity contribution in [2.75, 3.05) is 0 Å². The van der Waals surface area contributed by atoms with Gasteiger partial charge in [0.05, 0.1) is 11.1 Å². The Balaban J connectivity index is 1.48. The number of benzene rings is 3. The van der Waals surface area contributed by atoms with Gasteiger partial charge in [0, 0.05) is 18.0 Å². The Morgan fingerprint density at radius 3 is 2.27 bits per heavy atom. The van der Waals surface area contributed by atoms with Crippen molar-refractivity contribution in [1.82, 2.24) is 10.3 Å². The van der Waals surface area contributed by atoms with Crippen molar-refractivity contribution in [3.8, 4) is 11.1 Å². The number of para-hydroxylation sites is 1. The second kappa shape index (κ2) is 8.57. The van der Waals surface area contributed by atoms with Crippen molar-refractivity contribution >= 4 is 22.8 Å². The molecule has 0 unspecified atom stereocenters.